The standard InChI is InChI=1S/C10H17N3O5/c1-10(5-11-6-10)18-4-8(15)12-2-7(14)13-3-9(16)17/h11H,2-6H2,1H3,(H,12,15)(H,13,14)(H,16,17). The molecule has 0 bridgehead atoms. The molecule has 1 aliphatic heterocycles. The first kappa shape index (κ1) is 14.4. The smallest absolute Gasteiger partial charge is 0.322 e. The quantitative estimate of drug-likeness (QED) is 0.408. The SMILES string of the molecule is CC1(OCC(=O)NCC(=O)NCC(=O)O)CNC1. The molecule has 0 aromatic carbocycles. The Kier molecular flexibility index (Phi) is 5.05. The fraction of sp³-hybridized carbons (Fsp3) is 0.700. The van der Waals surface area contributed by atoms with Crippen molar-refractivity contribution in [2.24, 2.45) is 0 Å². The van der Waals surface area contributed by atoms with Gasteiger partial charge < -0.3 is 25.8 Å². The molecule has 1 aliphatic rings. The van der Waals surface area contributed by atoms with Gasteiger partial charge in [-0.05, 0) is 6.92 Å². The van der Waals surface area contributed by atoms with Crippen molar-refractivity contribution >= 4 is 17.8 Å². The van der Waals surface area contributed by atoms with E-state index in [1.54, 1.807) is 0 Å². The minimum atomic E-state index is -1.14. The highest BCUT2D eigenvalue weighted by atomic mass is 16.5. The van der Waals surface area contributed by atoms with E-state index in [0.29, 0.717) is 13.1 Å². The molecule has 8 nitrogen and oxygen atoms in total. The summed E-state index contributed by atoms with van der Waals surface area (Å²) in [5.41, 5.74) is -0.317. The molecule has 1 saturated heterocycles. The van der Waals surface area contributed by atoms with Crippen molar-refractivity contribution in [2.45, 2.75) is 12.5 Å². The number of carbonyl (C=O) groups excluding carboxylic acids is 2. The first-order chi connectivity index (χ1) is 8.41. The first-order valence-electron chi connectivity index (χ1n) is 5.51. The van der Waals surface area contributed by atoms with Crippen molar-refractivity contribution in [3.05, 3.63) is 0 Å². The molecule has 18 heavy (non-hydrogen) atoms. The number of amides is 2. The van der Waals surface area contributed by atoms with Gasteiger partial charge >= 0.3 is 5.97 Å². The summed E-state index contributed by atoms with van der Waals surface area (Å²) in [6.07, 6.45) is 0. The van der Waals surface area contributed by atoms with Gasteiger partial charge in [0, 0.05) is 13.1 Å². The first-order valence-corrected chi connectivity index (χ1v) is 5.51. The lowest BCUT2D eigenvalue weighted by molar-refractivity contribution is -0.138. The summed E-state index contributed by atoms with van der Waals surface area (Å²) in [6.45, 7) is 2.43. The van der Waals surface area contributed by atoms with Crippen LogP contribution in [0.4, 0.5) is 0 Å². The van der Waals surface area contributed by atoms with E-state index in [1.165, 1.54) is 0 Å². The molecule has 0 saturated carbocycles. The molecule has 0 unspecified atom stereocenters. The van der Waals surface area contributed by atoms with Crippen LogP contribution in [0, 0.1) is 0 Å². The maximum Gasteiger partial charge on any atom is 0.322 e. The molecule has 0 aliphatic carbocycles. The van der Waals surface area contributed by atoms with Crippen LogP contribution in [0.5, 0.6) is 0 Å². The highest BCUT2D eigenvalue weighted by Crippen LogP contribution is 2.14. The molecule has 4 N–H and O–H groups in total. The minimum Gasteiger partial charge on any atom is -0.480 e. The van der Waals surface area contributed by atoms with E-state index in [0.717, 1.165) is 0 Å². The van der Waals surface area contributed by atoms with Gasteiger partial charge in [-0.15, -0.1) is 0 Å². The Balaban J connectivity index is 2.09. The van der Waals surface area contributed by atoms with E-state index in [9.17, 15) is 14.4 Å². The van der Waals surface area contributed by atoms with Crippen LogP contribution in [0.3, 0.4) is 0 Å². The van der Waals surface area contributed by atoms with Crippen LogP contribution in [-0.2, 0) is 19.1 Å². The van der Waals surface area contributed by atoms with E-state index < -0.39 is 24.3 Å². The number of aliphatic carboxylic acids is 1. The molecule has 8 heteroatoms. The summed E-state index contributed by atoms with van der Waals surface area (Å²) >= 11 is 0. The Hall–Kier alpha value is -1.67. The van der Waals surface area contributed by atoms with Gasteiger partial charge in [-0.1, -0.05) is 0 Å². The van der Waals surface area contributed by atoms with E-state index in [2.05, 4.69) is 16.0 Å². The lowest BCUT2D eigenvalue weighted by Gasteiger charge is -2.38. The van der Waals surface area contributed by atoms with Crippen LogP contribution in [0.25, 0.3) is 0 Å². The zero-order valence-corrected chi connectivity index (χ0v) is 10.1. The number of rotatable bonds is 7. The van der Waals surface area contributed by atoms with E-state index >= 15 is 0 Å². The molecule has 2 amide bonds. The van der Waals surface area contributed by atoms with Gasteiger partial charge in [-0.3, -0.25) is 14.4 Å². The molecule has 1 rings (SSSR count). The maximum absolute atomic E-state index is 11.3. The number of nitrogens with one attached hydrogen (secondary N) is 3. The van der Waals surface area contributed by atoms with Gasteiger partial charge in [0.1, 0.15) is 13.2 Å². The Morgan fingerprint density at radius 2 is 1.83 bits per heavy atom. The molecular formula is C10H17N3O5. The molecule has 1 heterocycles. The average Bonchev–Trinajstić information content (AvgIpc) is 2.28. The predicted octanol–water partition coefficient (Wildman–Crippen LogP) is -2.32. The normalized spacial score (nSPS) is 16.5. The van der Waals surface area contributed by atoms with E-state index in [1.807, 2.05) is 6.92 Å². The van der Waals surface area contributed by atoms with Crippen molar-refractivity contribution in [3.8, 4) is 0 Å². The molecule has 0 spiro atoms. The molecule has 1 fully saturated rings. The summed E-state index contributed by atoms with van der Waals surface area (Å²) in [7, 11) is 0. The highest BCUT2D eigenvalue weighted by Gasteiger charge is 2.32. The van der Waals surface area contributed by atoms with Crippen LogP contribution in [-0.4, -0.2) is 61.3 Å². The Morgan fingerprint density at radius 3 is 2.33 bits per heavy atom. The molecule has 0 atom stereocenters. The van der Waals surface area contributed by atoms with Gasteiger partial charge in [-0.2, -0.15) is 0 Å². The van der Waals surface area contributed by atoms with Gasteiger partial charge in [0.05, 0.1) is 12.1 Å². The lowest BCUT2D eigenvalue weighted by Crippen LogP contribution is -2.59. The lowest BCUT2D eigenvalue weighted by atomic mass is 10.0. The van der Waals surface area contributed by atoms with Crippen molar-refractivity contribution in [2.75, 3.05) is 32.8 Å². The van der Waals surface area contributed by atoms with Crippen LogP contribution in [0.15, 0.2) is 0 Å². The third-order valence-electron chi connectivity index (χ3n) is 2.43. The van der Waals surface area contributed by atoms with Crippen molar-refractivity contribution in [1.82, 2.24) is 16.0 Å². The minimum absolute atomic E-state index is 0.121. The zero-order valence-electron chi connectivity index (χ0n) is 10.1. The largest absolute Gasteiger partial charge is 0.480 e. The summed E-state index contributed by atoms with van der Waals surface area (Å²) < 4.78 is 5.36. The summed E-state index contributed by atoms with van der Waals surface area (Å²) in [6, 6.07) is 0. The average molecular weight is 259 g/mol. The number of carboxylic acid groups (broad SMARTS) is 1. The van der Waals surface area contributed by atoms with E-state index in [4.69, 9.17) is 9.84 Å². The van der Waals surface area contributed by atoms with Gasteiger partial charge in [0.2, 0.25) is 11.8 Å². The number of ether oxygens (including phenoxy) is 1. The monoisotopic (exact) mass is 259 g/mol. The van der Waals surface area contributed by atoms with Crippen LogP contribution in [0.2, 0.25) is 0 Å². The van der Waals surface area contributed by atoms with Gasteiger partial charge in [0.25, 0.3) is 0 Å². The second kappa shape index (κ2) is 6.31. The van der Waals surface area contributed by atoms with Gasteiger partial charge in [0.15, 0.2) is 0 Å². The van der Waals surface area contributed by atoms with Crippen LogP contribution < -0.4 is 16.0 Å². The van der Waals surface area contributed by atoms with Crippen LogP contribution >= 0.6 is 0 Å². The number of hydrogen-bond acceptors (Lipinski definition) is 5. The fourth-order valence-corrected chi connectivity index (χ4v) is 1.29. The third kappa shape index (κ3) is 5.11. The Morgan fingerprint density at radius 1 is 1.22 bits per heavy atom. The molecular weight excluding hydrogens is 242 g/mol. The van der Waals surface area contributed by atoms with Crippen molar-refractivity contribution < 1.29 is 24.2 Å². The maximum atomic E-state index is 11.3. The third-order valence-corrected chi connectivity index (χ3v) is 2.43. The summed E-state index contributed by atoms with van der Waals surface area (Å²) in [5, 5.41) is 15.8. The predicted molar refractivity (Wildman–Crippen MR) is 60.9 cm³/mol. The molecule has 0 aromatic heterocycles. The molecule has 102 valence electrons. The Labute approximate surface area is 104 Å². The molecule has 0 aromatic rings. The Bertz CT molecular complexity index is 340. The van der Waals surface area contributed by atoms with E-state index in [-0.39, 0.29) is 18.8 Å². The van der Waals surface area contributed by atoms with Crippen molar-refractivity contribution in [3.63, 3.8) is 0 Å². The zero-order chi connectivity index (χ0) is 13.6. The summed E-state index contributed by atoms with van der Waals surface area (Å²) in [4.78, 5) is 32.6. The van der Waals surface area contributed by atoms with Crippen molar-refractivity contribution in [1.29, 1.82) is 0 Å². The topological polar surface area (TPSA) is 117 Å². The number of carboxylic acids is 1. The fourth-order valence-electron chi connectivity index (χ4n) is 1.29. The molecule has 0 radical (unpaired) electrons. The summed E-state index contributed by atoms with van der Waals surface area (Å²) in [5.74, 6) is -2.10. The van der Waals surface area contributed by atoms with Gasteiger partial charge in [-0.25, -0.2) is 0 Å². The second-order valence-electron chi connectivity index (χ2n) is 4.29. The number of hydrogen-bond donors (Lipinski definition) is 4. The van der Waals surface area contributed by atoms with Crippen LogP contribution in [0.1, 0.15) is 6.92 Å². The number of carbonyl (C=O) groups is 3. The second-order valence-corrected chi connectivity index (χ2v) is 4.29. The highest BCUT2D eigenvalue weighted by molar-refractivity contribution is 5.86.